The van der Waals surface area contributed by atoms with Crippen LogP contribution >= 0.6 is 7.60 Å². The van der Waals surface area contributed by atoms with Crippen molar-refractivity contribution in [3.05, 3.63) is 12.4 Å². The second-order valence-electron chi connectivity index (χ2n) is 1.62. The zero-order valence-corrected chi connectivity index (χ0v) is 5.64. The second-order valence-corrected chi connectivity index (χ2v) is 3.10. The third kappa shape index (κ3) is 1.18. The summed E-state index contributed by atoms with van der Waals surface area (Å²) in [5, 5.41) is 8.65. The van der Waals surface area contributed by atoms with Crippen molar-refractivity contribution in [3.8, 4) is 0 Å². The quantitative estimate of drug-likeness (QED) is 0.362. The lowest BCUT2D eigenvalue weighted by Crippen LogP contribution is -2.16. The van der Waals surface area contributed by atoms with E-state index in [1.165, 1.54) is 0 Å². The topological polar surface area (TPSA) is 95.6 Å². The van der Waals surface area contributed by atoms with Crippen LogP contribution in [0.2, 0.25) is 0 Å². The fraction of sp³-hybridized carbons (Fsp3) is 0. The van der Waals surface area contributed by atoms with Gasteiger partial charge in [0.1, 0.15) is 0 Å². The molecule has 0 aliphatic carbocycles. The standard InChI is InChI=1S/C3H5N2O4P/c6-5-2-1-4-3(5)10(7,8)9/h1-2,6H,(H2,7,8,9). The summed E-state index contributed by atoms with van der Waals surface area (Å²) in [6.07, 6.45) is 2.13. The molecule has 0 aliphatic heterocycles. The Kier molecular flexibility index (Phi) is 1.52. The first-order valence-corrected chi connectivity index (χ1v) is 3.92. The van der Waals surface area contributed by atoms with Crippen LogP contribution in [-0.2, 0) is 4.57 Å². The molecule has 0 saturated carbocycles. The van der Waals surface area contributed by atoms with Gasteiger partial charge < -0.3 is 15.0 Å². The average Bonchev–Trinajstić information content (AvgIpc) is 2.11. The van der Waals surface area contributed by atoms with E-state index in [2.05, 4.69) is 4.98 Å². The van der Waals surface area contributed by atoms with Crippen LogP contribution < -0.4 is 5.57 Å². The SMILES string of the molecule is O=P(O)(O)c1nccn1O. The summed E-state index contributed by atoms with van der Waals surface area (Å²) in [5.41, 5.74) is -0.646. The van der Waals surface area contributed by atoms with E-state index in [4.69, 9.17) is 15.0 Å². The Morgan fingerprint density at radius 1 is 1.60 bits per heavy atom. The molecule has 1 aromatic rings. The summed E-state index contributed by atoms with van der Waals surface area (Å²) >= 11 is 0. The van der Waals surface area contributed by atoms with E-state index in [0.29, 0.717) is 4.73 Å². The maximum absolute atomic E-state index is 10.4. The molecule has 10 heavy (non-hydrogen) atoms. The molecule has 0 atom stereocenters. The fourth-order valence-corrected chi connectivity index (χ4v) is 1.05. The Morgan fingerprint density at radius 2 is 2.20 bits per heavy atom. The van der Waals surface area contributed by atoms with Gasteiger partial charge in [0.05, 0.1) is 6.20 Å². The molecule has 1 aromatic heterocycles. The third-order valence-electron chi connectivity index (χ3n) is 0.863. The van der Waals surface area contributed by atoms with Crippen molar-refractivity contribution in [1.29, 1.82) is 0 Å². The van der Waals surface area contributed by atoms with Gasteiger partial charge in [-0.3, -0.25) is 4.57 Å². The van der Waals surface area contributed by atoms with E-state index in [0.717, 1.165) is 12.4 Å². The Balaban J connectivity index is 3.18. The predicted octanol–water partition coefficient (Wildman–Crippen LogP) is -1.08. The summed E-state index contributed by atoms with van der Waals surface area (Å²) < 4.78 is 10.7. The Hall–Kier alpha value is -0.840. The highest BCUT2D eigenvalue weighted by Gasteiger charge is 2.23. The highest BCUT2D eigenvalue weighted by atomic mass is 31.2. The van der Waals surface area contributed by atoms with Crippen molar-refractivity contribution < 1.29 is 19.6 Å². The highest BCUT2D eigenvalue weighted by molar-refractivity contribution is 7.59. The fourth-order valence-electron chi connectivity index (χ4n) is 0.498. The van der Waals surface area contributed by atoms with Crippen molar-refractivity contribution in [3.63, 3.8) is 0 Å². The number of hydrogen-bond acceptors (Lipinski definition) is 3. The van der Waals surface area contributed by atoms with Gasteiger partial charge in [-0.2, -0.15) is 4.73 Å². The first-order valence-electron chi connectivity index (χ1n) is 2.30. The van der Waals surface area contributed by atoms with Crippen molar-refractivity contribution in [2.45, 2.75) is 0 Å². The van der Waals surface area contributed by atoms with Gasteiger partial charge >= 0.3 is 7.60 Å². The zero-order chi connectivity index (χ0) is 7.78. The molecule has 6 nitrogen and oxygen atoms in total. The van der Waals surface area contributed by atoms with Crippen LogP contribution in [0, 0.1) is 0 Å². The molecule has 0 aliphatic rings. The van der Waals surface area contributed by atoms with Crippen LogP contribution in [0.25, 0.3) is 0 Å². The van der Waals surface area contributed by atoms with Gasteiger partial charge in [-0.05, 0) is 0 Å². The molecule has 0 radical (unpaired) electrons. The van der Waals surface area contributed by atoms with Gasteiger partial charge in [-0.1, -0.05) is 0 Å². The van der Waals surface area contributed by atoms with E-state index in [-0.39, 0.29) is 0 Å². The van der Waals surface area contributed by atoms with Crippen molar-refractivity contribution in [2.75, 3.05) is 0 Å². The predicted molar refractivity (Wildman–Crippen MR) is 31.1 cm³/mol. The monoisotopic (exact) mass is 164 g/mol. The smallest absolute Gasteiger partial charge is 0.394 e. The lowest BCUT2D eigenvalue weighted by molar-refractivity contribution is 0.192. The second kappa shape index (κ2) is 2.09. The average molecular weight is 164 g/mol. The van der Waals surface area contributed by atoms with Crippen LogP contribution in [0.3, 0.4) is 0 Å². The zero-order valence-electron chi connectivity index (χ0n) is 4.75. The first-order chi connectivity index (χ1) is 4.52. The van der Waals surface area contributed by atoms with Gasteiger partial charge in [0.2, 0.25) is 0 Å². The van der Waals surface area contributed by atoms with E-state index in [1.54, 1.807) is 0 Å². The molecule has 7 heteroatoms. The minimum absolute atomic E-state index is 0.292. The van der Waals surface area contributed by atoms with Gasteiger partial charge in [0, 0.05) is 6.20 Å². The molecule has 0 fully saturated rings. The Morgan fingerprint density at radius 3 is 2.40 bits per heavy atom. The Labute approximate surface area is 55.9 Å². The molecule has 0 unspecified atom stereocenters. The summed E-state index contributed by atoms with van der Waals surface area (Å²) in [6.45, 7) is 0. The molecule has 56 valence electrons. The summed E-state index contributed by atoms with van der Waals surface area (Å²) in [4.78, 5) is 20.1. The number of rotatable bonds is 1. The molecular formula is C3H5N2O4P. The van der Waals surface area contributed by atoms with Crippen molar-refractivity contribution in [2.24, 2.45) is 0 Å². The van der Waals surface area contributed by atoms with E-state index in [9.17, 15) is 4.57 Å². The molecule has 0 amide bonds. The maximum atomic E-state index is 10.4. The van der Waals surface area contributed by atoms with Gasteiger partial charge in [0.15, 0.2) is 0 Å². The third-order valence-corrected chi connectivity index (χ3v) is 1.70. The molecule has 0 spiro atoms. The van der Waals surface area contributed by atoms with E-state index in [1.807, 2.05) is 0 Å². The molecule has 0 saturated heterocycles. The summed E-state index contributed by atoms with van der Waals surface area (Å²) in [7, 11) is -4.41. The number of hydrogen-bond donors (Lipinski definition) is 3. The highest BCUT2D eigenvalue weighted by Crippen LogP contribution is 2.31. The largest absolute Gasteiger partial charge is 0.427 e. The Bertz CT molecular complexity index is 276. The van der Waals surface area contributed by atoms with Gasteiger partial charge in [-0.15, -0.1) is 0 Å². The van der Waals surface area contributed by atoms with Crippen molar-refractivity contribution in [1.82, 2.24) is 9.71 Å². The van der Waals surface area contributed by atoms with Gasteiger partial charge in [-0.25, -0.2) is 4.98 Å². The minimum Gasteiger partial charge on any atom is -0.427 e. The number of aromatic nitrogens is 2. The normalized spacial score (nSPS) is 11.8. The van der Waals surface area contributed by atoms with Gasteiger partial charge in [0.25, 0.3) is 5.57 Å². The maximum Gasteiger partial charge on any atom is 0.394 e. The van der Waals surface area contributed by atoms with E-state index < -0.39 is 13.2 Å². The van der Waals surface area contributed by atoms with Crippen molar-refractivity contribution >= 4 is 13.2 Å². The summed E-state index contributed by atoms with van der Waals surface area (Å²) in [5.74, 6) is 0. The molecular weight excluding hydrogens is 159 g/mol. The number of nitrogens with zero attached hydrogens (tertiary/aromatic N) is 2. The lowest BCUT2D eigenvalue weighted by atomic mass is 11.0. The molecule has 0 bridgehead atoms. The molecule has 0 aromatic carbocycles. The van der Waals surface area contributed by atoms with Crippen LogP contribution in [0.4, 0.5) is 0 Å². The van der Waals surface area contributed by atoms with E-state index >= 15 is 0 Å². The molecule has 1 rings (SSSR count). The first kappa shape index (κ1) is 7.27. The molecule has 1 heterocycles. The lowest BCUT2D eigenvalue weighted by Gasteiger charge is -1.99. The number of imidazole rings is 1. The minimum atomic E-state index is -4.41. The van der Waals surface area contributed by atoms with Crippen LogP contribution in [0.1, 0.15) is 0 Å². The van der Waals surface area contributed by atoms with Crippen LogP contribution in [0.5, 0.6) is 0 Å². The molecule has 3 N–H and O–H groups in total. The van der Waals surface area contributed by atoms with Crippen LogP contribution in [-0.4, -0.2) is 24.7 Å². The summed E-state index contributed by atoms with van der Waals surface area (Å²) in [6, 6.07) is 0. The van der Waals surface area contributed by atoms with Crippen LogP contribution in [0.15, 0.2) is 12.4 Å².